The van der Waals surface area contributed by atoms with Gasteiger partial charge in [-0.1, -0.05) is 42.5 Å². The standard InChI is InChI=1S/C27H26N2O4/c1-31-22-10-8-19(9-11-22)20-12-21-15-28-24-14-26(33-17-18-6-4-3-5-7-18)25(32-2)13-23(24)27(30)29(21)16-20/h3-11,13-14,16,21,28H,12,15,17H2,1-2H3/t21-/m0/s1. The van der Waals surface area contributed by atoms with Gasteiger partial charge in [-0.25, -0.2) is 0 Å². The van der Waals surface area contributed by atoms with E-state index in [2.05, 4.69) is 5.32 Å². The van der Waals surface area contributed by atoms with Crippen LogP contribution in [0.1, 0.15) is 27.9 Å². The zero-order chi connectivity index (χ0) is 22.8. The quantitative estimate of drug-likeness (QED) is 0.585. The van der Waals surface area contributed by atoms with Crippen LogP contribution in [0.2, 0.25) is 0 Å². The topological polar surface area (TPSA) is 60.0 Å². The van der Waals surface area contributed by atoms with E-state index < -0.39 is 0 Å². The van der Waals surface area contributed by atoms with Crippen LogP contribution in [0.25, 0.3) is 5.57 Å². The van der Waals surface area contributed by atoms with Crippen molar-refractivity contribution in [3.63, 3.8) is 0 Å². The van der Waals surface area contributed by atoms with Crippen molar-refractivity contribution in [2.24, 2.45) is 0 Å². The van der Waals surface area contributed by atoms with E-state index in [1.54, 1.807) is 20.3 Å². The minimum atomic E-state index is -0.0450. The molecule has 0 fully saturated rings. The fraction of sp³-hybridized carbons (Fsp3) is 0.222. The summed E-state index contributed by atoms with van der Waals surface area (Å²) >= 11 is 0. The largest absolute Gasteiger partial charge is 0.497 e. The Hall–Kier alpha value is -3.93. The van der Waals surface area contributed by atoms with Gasteiger partial charge in [0.2, 0.25) is 0 Å². The van der Waals surface area contributed by atoms with Crippen molar-refractivity contribution in [3.8, 4) is 17.2 Å². The van der Waals surface area contributed by atoms with Crippen molar-refractivity contribution >= 4 is 17.2 Å². The zero-order valence-electron chi connectivity index (χ0n) is 18.7. The summed E-state index contributed by atoms with van der Waals surface area (Å²) in [6.07, 6.45) is 2.76. The van der Waals surface area contributed by atoms with Crippen LogP contribution in [0.15, 0.2) is 72.9 Å². The number of benzene rings is 3. The highest BCUT2D eigenvalue weighted by atomic mass is 16.5. The van der Waals surface area contributed by atoms with Crippen LogP contribution in [-0.4, -0.2) is 37.6 Å². The average molecular weight is 443 g/mol. The van der Waals surface area contributed by atoms with E-state index in [1.165, 1.54) is 0 Å². The molecule has 0 bridgehead atoms. The first-order chi connectivity index (χ1) is 16.2. The lowest BCUT2D eigenvalue weighted by molar-refractivity contribution is 0.0796. The molecule has 0 aromatic heterocycles. The van der Waals surface area contributed by atoms with Gasteiger partial charge >= 0.3 is 0 Å². The summed E-state index contributed by atoms with van der Waals surface area (Å²) in [5.74, 6) is 1.92. The van der Waals surface area contributed by atoms with Crippen LogP contribution in [0.4, 0.5) is 5.69 Å². The highest BCUT2D eigenvalue weighted by Gasteiger charge is 2.34. The lowest BCUT2D eigenvalue weighted by Gasteiger charge is -2.20. The molecule has 168 valence electrons. The van der Waals surface area contributed by atoms with E-state index in [1.807, 2.05) is 71.8 Å². The SMILES string of the molecule is COc1ccc(C2=CN3C(=O)c4cc(OC)c(OCc5ccccc5)cc4NC[C@@H]3C2)cc1. The molecule has 5 rings (SSSR count). The molecule has 6 nitrogen and oxygen atoms in total. The third-order valence-corrected chi connectivity index (χ3v) is 6.14. The number of carbonyl (C=O) groups is 1. The Labute approximate surface area is 193 Å². The number of rotatable bonds is 6. The maximum absolute atomic E-state index is 13.5. The molecule has 6 heteroatoms. The number of hydrogen-bond donors (Lipinski definition) is 1. The molecule has 0 saturated carbocycles. The maximum atomic E-state index is 13.5. The van der Waals surface area contributed by atoms with Crippen molar-refractivity contribution in [1.29, 1.82) is 0 Å². The summed E-state index contributed by atoms with van der Waals surface area (Å²) in [6, 6.07) is 21.6. The molecule has 33 heavy (non-hydrogen) atoms. The number of nitrogens with zero attached hydrogens (tertiary/aromatic N) is 1. The Morgan fingerprint density at radius 2 is 1.76 bits per heavy atom. The Bertz CT molecular complexity index is 1190. The Morgan fingerprint density at radius 1 is 0.970 bits per heavy atom. The Kier molecular flexibility index (Phi) is 5.65. The van der Waals surface area contributed by atoms with Crippen molar-refractivity contribution in [3.05, 3.63) is 89.6 Å². The number of nitrogens with one attached hydrogen (secondary N) is 1. The van der Waals surface area contributed by atoms with Crippen molar-refractivity contribution < 1.29 is 19.0 Å². The lowest BCUT2D eigenvalue weighted by atomic mass is 10.0. The first kappa shape index (κ1) is 20.9. The van der Waals surface area contributed by atoms with Gasteiger partial charge in [0.05, 0.1) is 31.5 Å². The zero-order valence-corrected chi connectivity index (χ0v) is 18.7. The van der Waals surface area contributed by atoms with Gasteiger partial charge in [-0.15, -0.1) is 0 Å². The molecule has 2 heterocycles. The Balaban J connectivity index is 1.41. The smallest absolute Gasteiger partial charge is 0.260 e. The lowest BCUT2D eigenvalue weighted by Crippen LogP contribution is -2.34. The number of ether oxygens (including phenoxy) is 3. The molecule has 0 aliphatic carbocycles. The third-order valence-electron chi connectivity index (χ3n) is 6.14. The summed E-state index contributed by atoms with van der Waals surface area (Å²) in [7, 11) is 3.24. The molecule has 1 amide bonds. The molecule has 0 saturated heterocycles. The minimum absolute atomic E-state index is 0.0432. The van der Waals surface area contributed by atoms with E-state index >= 15 is 0 Å². The van der Waals surface area contributed by atoms with Gasteiger partial charge < -0.3 is 24.4 Å². The summed E-state index contributed by atoms with van der Waals surface area (Å²) in [6.45, 7) is 1.08. The van der Waals surface area contributed by atoms with Gasteiger partial charge in [0.25, 0.3) is 5.91 Å². The molecule has 2 aliphatic heterocycles. The Morgan fingerprint density at radius 3 is 2.48 bits per heavy atom. The van der Waals surface area contributed by atoms with Crippen molar-refractivity contribution in [2.45, 2.75) is 19.1 Å². The molecule has 3 aromatic carbocycles. The third kappa shape index (κ3) is 4.12. The first-order valence-corrected chi connectivity index (χ1v) is 11.0. The average Bonchev–Trinajstić information content (AvgIpc) is 3.25. The van der Waals surface area contributed by atoms with Crippen molar-refractivity contribution in [1.82, 2.24) is 4.90 Å². The number of methoxy groups -OCH3 is 2. The predicted octanol–water partition coefficient (Wildman–Crippen LogP) is 4.96. The molecule has 2 aliphatic rings. The minimum Gasteiger partial charge on any atom is -0.497 e. The molecular formula is C27H26N2O4. The van der Waals surface area contributed by atoms with Crippen LogP contribution >= 0.6 is 0 Å². The predicted molar refractivity (Wildman–Crippen MR) is 128 cm³/mol. The van der Waals surface area contributed by atoms with Gasteiger partial charge in [0.1, 0.15) is 12.4 Å². The van der Waals surface area contributed by atoms with Gasteiger partial charge in [-0.05, 0) is 41.3 Å². The molecule has 3 aromatic rings. The summed E-state index contributed by atoms with van der Waals surface area (Å²) in [4.78, 5) is 15.3. The van der Waals surface area contributed by atoms with E-state index in [0.29, 0.717) is 30.2 Å². The molecule has 0 spiro atoms. The maximum Gasteiger partial charge on any atom is 0.260 e. The van der Waals surface area contributed by atoms with Gasteiger partial charge in [-0.3, -0.25) is 4.79 Å². The normalized spacial score (nSPS) is 16.8. The molecule has 0 unspecified atom stereocenters. The second-order valence-corrected chi connectivity index (χ2v) is 8.16. The van der Waals surface area contributed by atoms with Gasteiger partial charge in [-0.2, -0.15) is 0 Å². The van der Waals surface area contributed by atoms with Crippen LogP contribution < -0.4 is 19.5 Å². The fourth-order valence-corrected chi connectivity index (χ4v) is 4.33. The number of anilines is 1. The van der Waals surface area contributed by atoms with E-state index in [9.17, 15) is 4.79 Å². The second-order valence-electron chi connectivity index (χ2n) is 8.16. The summed E-state index contributed by atoms with van der Waals surface area (Å²) < 4.78 is 16.9. The van der Waals surface area contributed by atoms with Crippen LogP contribution in [0.5, 0.6) is 17.2 Å². The summed E-state index contributed by atoms with van der Waals surface area (Å²) in [5.41, 5.74) is 4.64. The fourth-order valence-electron chi connectivity index (χ4n) is 4.33. The molecule has 1 N–H and O–H groups in total. The number of carbonyl (C=O) groups excluding carboxylic acids is 1. The first-order valence-electron chi connectivity index (χ1n) is 11.0. The van der Waals surface area contributed by atoms with Crippen molar-refractivity contribution in [2.75, 3.05) is 26.1 Å². The molecule has 1 atom stereocenters. The summed E-state index contributed by atoms with van der Waals surface area (Å²) in [5, 5.41) is 3.46. The van der Waals surface area contributed by atoms with Gasteiger partial charge in [0.15, 0.2) is 11.5 Å². The molecular weight excluding hydrogens is 416 g/mol. The van der Waals surface area contributed by atoms with Crippen LogP contribution in [0, 0.1) is 0 Å². The highest BCUT2D eigenvalue weighted by molar-refractivity contribution is 6.03. The van der Waals surface area contributed by atoms with E-state index in [4.69, 9.17) is 14.2 Å². The highest BCUT2D eigenvalue weighted by Crippen LogP contribution is 2.39. The number of fused-ring (bicyclic) bond motifs is 2. The number of amides is 1. The van der Waals surface area contributed by atoms with Crippen LogP contribution in [-0.2, 0) is 6.61 Å². The van der Waals surface area contributed by atoms with Gasteiger partial charge in [0, 0.05) is 18.8 Å². The van der Waals surface area contributed by atoms with E-state index in [-0.39, 0.29) is 11.9 Å². The second kappa shape index (κ2) is 8.90. The van der Waals surface area contributed by atoms with Crippen LogP contribution in [0.3, 0.4) is 0 Å². The monoisotopic (exact) mass is 442 g/mol. The molecule has 0 radical (unpaired) electrons. The van der Waals surface area contributed by atoms with E-state index in [0.717, 1.165) is 34.6 Å². The number of hydrogen-bond acceptors (Lipinski definition) is 5.